The molecule has 0 fully saturated rings. The van der Waals surface area contributed by atoms with E-state index >= 15 is 0 Å². The Bertz CT molecular complexity index is 2460. The van der Waals surface area contributed by atoms with Crippen LogP contribution in [0, 0.1) is 0 Å². The lowest BCUT2D eigenvalue weighted by molar-refractivity contribution is 1.18. The van der Waals surface area contributed by atoms with Gasteiger partial charge in [-0.1, -0.05) is 66.7 Å². The van der Waals surface area contributed by atoms with E-state index in [0.29, 0.717) is 0 Å². The van der Waals surface area contributed by atoms with Gasteiger partial charge in [-0.3, -0.25) is 0 Å². The van der Waals surface area contributed by atoms with Gasteiger partial charge in [-0.15, -0.1) is 11.3 Å². The van der Waals surface area contributed by atoms with Crippen LogP contribution >= 0.6 is 11.3 Å². The predicted molar refractivity (Wildman–Crippen MR) is 173 cm³/mol. The molecule has 0 amide bonds. The molecule has 9 aromatic rings. The van der Waals surface area contributed by atoms with Crippen molar-refractivity contribution >= 4 is 64.3 Å². The standard InChI is InChI=1S/C36H21N5S/c1-2-8-22(9-3-1)34-26-11-4-6-12-29(26)39-36(40-34)23-14-16-24(17-15-23)41-30-13-7-5-10-25(30)27-18-28-32(19-31(27)41)42-33-20-37-21-38-35(28)33/h1-21H. The number of nitrogens with zero attached hydrogens (tertiary/aromatic N) is 5. The second-order valence-corrected chi connectivity index (χ2v) is 11.5. The molecule has 0 aliphatic heterocycles. The summed E-state index contributed by atoms with van der Waals surface area (Å²) in [6.07, 6.45) is 3.53. The molecule has 0 radical (unpaired) electrons. The number of thiophene rings is 1. The quantitative estimate of drug-likeness (QED) is 0.218. The van der Waals surface area contributed by atoms with Crippen LogP contribution < -0.4 is 0 Å². The molecular weight excluding hydrogens is 534 g/mol. The molecule has 5 nitrogen and oxygen atoms in total. The van der Waals surface area contributed by atoms with Crippen LogP contribution in [-0.2, 0) is 0 Å². The molecule has 0 saturated heterocycles. The van der Waals surface area contributed by atoms with E-state index < -0.39 is 0 Å². The molecule has 42 heavy (non-hydrogen) atoms. The van der Waals surface area contributed by atoms with Crippen molar-refractivity contribution in [1.29, 1.82) is 0 Å². The van der Waals surface area contributed by atoms with Gasteiger partial charge in [-0.2, -0.15) is 0 Å². The molecular formula is C36H21N5S. The highest BCUT2D eigenvalue weighted by Crippen LogP contribution is 2.40. The zero-order chi connectivity index (χ0) is 27.6. The maximum absolute atomic E-state index is 5.06. The third-order valence-corrected chi connectivity index (χ3v) is 9.04. The van der Waals surface area contributed by atoms with E-state index in [1.807, 2.05) is 36.5 Å². The fraction of sp³-hybridized carbons (Fsp3) is 0. The van der Waals surface area contributed by atoms with E-state index in [1.54, 1.807) is 17.7 Å². The van der Waals surface area contributed by atoms with Crippen LogP contribution in [-0.4, -0.2) is 24.5 Å². The van der Waals surface area contributed by atoms with E-state index in [-0.39, 0.29) is 0 Å². The Morgan fingerprint density at radius 3 is 2.24 bits per heavy atom. The van der Waals surface area contributed by atoms with Crippen molar-refractivity contribution in [3.63, 3.8) is 0 Å². The molecule has 0 atom stereocenters. The molecule has 0 unspecified atom stereocenters. The van der Waals surface area contributed by atoms with Gasteiger partial charge in [0.05, 0.1) is 32.5 Å². The normalized spacial score (nSPS) is 11.8. The summed E-state index contributed by atoms with van der Waals surface area (Å²) in [5.74, 6) is 0.717. The molecule has 9 rings (SSSR count). The number of rotatable bonds is 3. The van der Waals surface area contributed by atoms with Crippen molar-refractivity contribution in [2.24, 2.45) is 0 Å². The molecule has 6 heteroatoms. The minimum Gasteiger partial charge on any atom is -0.309 e. The predicted octanol–water partition coefficient (Wildman–Crippen LogP) is 9.22. The molecule has 0 aliphatic carbocycles. The molecule has 0 N–H and O–H groups in total. The summed E-state index contributed by atoms with van der Waals surface area (Å²) in [4.78, 5) is 18.8. The van der Waals surface area contributed by atoms with E-state index in [0.717, 1.165) is 49.5 Å². The van der Waals surface area contributed by atoms with E-state index in [4.69, 9.17) is 9.97 Å². The SMILES string of the molecule is c1ccc(-c2nc(-c3ccc(-n4c5ccccc5c5cc6c(cc54)sc4cncnc46)cc3)nc3ccccc23)cc1. The second-order valence-electron chi connectivity index (χ2n) is 10.4. The molecule has 5 aromatic carbocycles. The Morgan fingerprint density at radius 1 is 0.571 bits per heavy atom. The van der Waals surface area contributed by atoms with Gasteiger partial charge in [0, 0.05) is 49.3 Å². The summed E-state index contributed by atoms with van der Waals surface area (Å²) in [7, 11) is 0. The smallest absolute Gasteiger partial charge is 0.160 e. The van der Waals surface area contributed by atoms with E-state index in [1.165, 1.54) is 31.9 Å². The minimum atomic E-state index is 0.717. The number of aromatic nitrogens is 5. The van der Waals surface area contributed by atoms with Crippen LogP contribution in [0.1, 0.15) is 0 Å². The van der Waals surface area contributed by atoms with Crippen LogP contribution in [0.4, 0.5) is 0 Å². The monoisotopic (exact) mass is 555 g/mol. The zero-order valence-electron chi connectivity index (χ0n) is 22.3. The fourth-order valence-corrected chi connectivity index (χ4v) is 7.08. The summed E-state index contributed by atoms with van der Waals surface area (Å²) in [5, 5.41) is 4.65. The lowest BCUT2D eigenvalue weighted by Gasteiger charge is -2.11. The first kappa shape index (κ1) is 23.3. The summed E-state index contributed by atoms with van der Waals surface area (Å²) < 4.78 is 4.66. The number of fused-ring (bicyclic) bond motifs is 7. The summed E-state index contributed by atoms with van der Waals surface area (Å²) >= 11 is 1.74. The van der Waals surface area contributed by atoms with Crippen molar-refractivity contribution in [2.75, 3.05) is 0 Å². The molecule has 4 heterocycles. The summed E-state index contributed by atoms with van der Waals surface area (Å²) in [6, 6.07) is 40.3. The van der Waals surface area contributed by atoms with Gasteiger partial charge in [-0.05, 0) is 48.5 Å². The highest BCUT2D eigenvalue weighted by molar-refractivity contribution is 7.25. The highest BCUT2D eigenvalue weighted by Gasteiger charge is 2.17. The van der Waals surface area contributed by atoms with Gasteiger partial charge in [0.2, 0.25) is 0 Å². The lowest BCUT2D eigenvalue weighted by Crippen LogP contribution is -1.97. The largest absolute Gasteiger partial charge is 0.309 e. The average molecular weight is 556 g/mol. The van der Waals surface area contributed by atoms with Crippen molar-refractivity contribution < 1.29 is 0 Å². The molecule has 196 valence electrons. The van der Waals surface area contributed by atoms with Crippen molar-refractivity contribution in [1.82, 2.24) is 24.5 Å². The third kappa shape index (κ3) is 3.49. The fourth-order valence-electron chi connectivity index (χ4n) is 6.04. The zero-order valence-corrected chi connectivity index (χ0v) is 23.1. The van der Waals surface area contributed by atoms with Gasteiger partial charge in [-0.25, -0.2) is 19.9 Å². The van der Waals surface area contributed by atoms with Gasteiger partial charge >= 0.3 is 0 Å². The van der Waals surface area contributed by atoms with Crippen LogP contribution in [0.5, 0.6) is 0 Å². The Kier molecular flexibility index (Phi) is 5.00. The first-order valence-corrected chi connectivity index (χ1v) is 14.6. The van der Waals surface area contributed by atoms with Crippen molar-refractivity contribution in [3.8, 4) is 28.3 Å². The van der Waals surface area contributed by atoms with E-state index in [2.05, 4.69) is 99.5 Å². The number of hydrogen-bond acceptors (Lipinski definition) is 5. The van der Waals surface area contributed by atoms with Gasteiger partial charge in [0.15, 0.2) is 5.82 Å². The molecule has 0 spiro atoms. The summed E-state index contributed by atoms with van der Waals surface area (Å²) in [5.41, 5.74) is 8.39. The Labute approximate surface area is 244 Å². The second kappa shape index (κ2) is 9.03. The van der Waals surface area contributed by atoms with Crippen LogP contribution in [0.2, 0.25) is 0 Å². The maximum Gasteiger partial charge on any atom is 0.160 e. The number of hydrogen-bond donors (Lipinski definition) is 0. The lowest BCUT2D eigenvalue weighted by atomic mass is 10.1. The Hall–Kier alpha value is -5.46. The van der Waals surface area contributed by atoms with Crippen LogP contribution in [0.25, 0.3) is 81.3 Å². The first-order valence-electron chi connectivity index (χ1n) is 13.8. The van der Waals surface area contributed by atoms with E-state index in [9.17, 15) is 0 Å². The van der Waals surface area contributed by atoms with Crippen molar-refractivity contribution in [3.05, 3.63) is 128 Å². The minimum absolute atomic E-state index is 0.717. The highest BCUT2D eigenvalue weighted by atomic mass is 32.1. The first-order chi connectivity index (χ1) is 20.8. The van der Waals surface area contributed by atoms with Crippen LogP contribution in [0.3, 0.4) is 0 Å². The molecule has 0 bridgehead atoms. The van der Waals surface area contributed by atoms with Gasteiger partial charge < -0.3 is 4.57 Å². The van der Waals surface area contributed by atoms with Gasteiger partial charge in [0.25, 0.3) is 0 Å². The molecule has 0 aliphatic rings. The maximum atomic E-state index is 5.06. The van der Waals surface area contributed by atoms with Crippen LogP contribution in [0.15, 0.2) is 128 Å². The average Bonchev–Trinajstić information content (AvgIpc) is 3.58. The van der Waals surface area contributed by atoms with Crippen molar-refractivity contribution in [2.45, 2.75) is 0 Å². The third-order valence-electron chi connectivity index (χ3n) is 7.96. The number of para-hydroxylation sites is 2. The van der Waals surface area contributed by atoms with Gasteiger partial charge in [0.1, 0.15) is 6.33 Å². The Balaban J connectivity index is 1.23. The molecule has 4 aromatic heterocycles. The molecule has 0 saturated carbocycles. The summed E-state index contributed by atoms with van der Waals surface area (Å²) in [6.45, 7) is 0. The topological polar surface area (TPSA) is 56.5 Å². The Morgan fingerprint density at radius 2 is 1.36 bits per heavy atom. The number of benzene rings is 5.